The Labute approximate surface area is 195 Å². The first-order valence-corrected chi connectivity index (χ1v) is 11.8. The first-order valence-electron chi connectivity index (χ1n) is 10.1. The first kappa shape index (κ1) is 21.0. The van der Waals surface area contributed by atoms with Crippen LogP contribution in [0.3, 0.4) is 0 Å². The number of hydrogen-bond donors (Lipinski definition) is 2. The lowest BCUT2D eigenvalue weighted by molar-refractivity contribution is 0.101. The molecule has 0 aliphatic rings. The zero-order valence-electron chi connectivity index (χ0n) is 17.6. The van der Waals surface area contributed by atoms with Crippen LogP contribution in [0.15, 0.2) is 62.5 Å². The van der Waals surface area contributed by atoms with E-state index in [1.165, 1.54) is 33.4 Å². The molecule has 2 N–H and O–H groups in total. The van der Waals surface area contributed by atoms with Gasteiger partial charge in [0.1, 0.15) is 11.5 Å². The molecule has 5 aromatic heterocycles. The van der Waals surface area contributed by atoms with Crippen molar-refractivity contribution in [3.05, 3.63) is 75.0 Å². The molecule has 0 spiro atoms. The van der Waals surface area contributed by atoms with E-state index in [2.05, 4.69) is 25.5 Å². The standard InChI is InChI=1S/C22H18N6O3S2/c1-12(2)13-11-20(29)25-22(23-13)28-19(10-14(26-28)17-5-3-7-32-17)24-21(30)15-9-16(31-27-15)18-6-4-8-33-18/h3-12H,1-2H3,(H,24,30)(H,23,25,29). The molecule has 0 aliphatic carbocycles. The number of thiophene rings is 2. The molecule has 0 aromatic carbocycles. The van der Waals surface area contributed by atoms with Crippen molar-refractivity contribution in [1.82, 2.24) is 24.9 Å². The monoisotopic (exact) mass is 478 g/mol. The Hall–Kier alpha value is -3.83. The highest BCUT2D eigenvalue weighted by Crippen LogP contribution is 2.29. The molecular formula is C22H18N6O3S2. The number of amides is 1. The lowest BCUT2D eigenvalue weighted by Crippen LogP contribution is -2.19. The summed E-state index contributed by atoms with van der Waals surface area (Å²) in [6.07, 6.45) is 0. The van der Waals surface area contributed by atoms with Crippen molar-refractivity contribution in [3.63, 3.8) is 0 Å². The number of H-pyrrole nitrogens is 1. The first-order chi connectivity index (χ1) is 16.0. The van der Waals surface area contributed by atoms with E-state index >= 15 is 0 Å². The van der Waals surface area contributed by atoms with Crippen LogP contribution in [-0.2, 0) is 0 Å². The molecule has 11 heteroatoms. The van der Waals surface area contributed by atoms with Crippen LogP contribution in [0.2, 0.25) is 0 Å². The second-order valence-electron chi connectivity index (χ2n) is 7.46. The number of hydrogen-bond acceptors (Lipinski definition) is 8. The summed E-state index contributed by atoms with van der Waals surface area (Å²) in [5.41, 5.74) is 1.08. The summed E-state index contributed by atoms with van der Waals surface area (Å²) in [5.74, 6) is 0.639. The van der Waals surface area contributed by atoms with E-state index in [0.717, 1.165) is 9.75 Å². The number of anilines is 1. The fraction of sp³-hybridized carbons (Fsp3) is 0.136. The van der Waals surface area contributed by atoms with E-state index < -0.39 is 5.91 Å². The molecule has 0 saturated carbocycles. The van der Waals surface area contributed by atoms with Gasteiger partial charge < -0.3 is 9.84 Å². The highest BCUT2D eigenvalue weighted by Gasteiger charge is 2.20. The van der Waals surface area contributed by atoms with Crippen LogP contribution in [0.25, 0.3) is 27.2 Å². The molecule has 33 heavy (non-hydrogen) atoms. The summed E-state index contributed by atoms with van der Waals surface area (Å²) in [4.78, 5) is 34.2. The maximum Gasteiger partial charge on any atom is 0.279 e. The van der Waals surface area contributed by atoms with Gasteiger partial charge in [0, 0.05) is 18.2 Å². The van der Waals surface area contributed by atoms with E-state index in [-0.39, 0.29) is 23.1 Å². The number of carbonyl (C=O) groups excluding carboxylic acids is 1. The number of aromatic amines is 1. The normalized spacial score (nSPS) is 11.2. The van der Waals surface area contributed by atoms with Crippen LogP contribution in [0.5, 0.6) is 0 Å². The Morgan fingerprint density at radius 1 is 1.12 bits per heavy atom. The van der Waals surface area contributed by atoms with Crippen molar-refractivity contribution in [1.29, 1.82) is 0 Å². The second kappa shape index (κ2) is 8.60. The van der Waals surface area contributed by atoms with E-state index in [0.29, 0.717) is 23.0 Å². The molecule has 0 bridgehead atoms. The van der Waals surface area contributed by atoms with Gasteiger partial charge in [-0.3, -0.25) is 14.6 Å². The third-order valence-corrected chi connectivity index (χ3v) is 6.55. The summed E-state index contributed by atoms with van der Waals surface area (Å²) in [6.45, 7) is 3.90. The van der Waals surface area contributed by atoms with Crippen LogP contribution in [0, 0.1) is 0 Å². The summed E-state index contributed by atoms with van der Waals surface area (Å²) in [5, 5.41) is 15.2. The largest absolute Gasteiger partial charge is 0.355 e. The smallest absolute Gasteiger partial charge is 0.279 e. The van der Waals surface area contributed by atoms with Gasteiger partial charge in [0.25, 0.3) is 11.5 Å². The van der Waals surface area contributed by atoms with Gasteiger partial charge >= 0.3 is 0 Å². The molecule has 166 valence electrons. The van der Waals surface area contributed by atoms with E-state index in [1.54, 1.807) is 12.1 Å². The highest BCUT2D eigenvalue weighted by molar-refractivity contribution is 7.13. The predicted molar refractivity (Wildman–Crippen MR) is 127 cm³/mol. The molecule has 1 amide bonds. The molecule has 5 rings (SSSR count). The van der Waals surface area contributed by atoms with E-state index in [9.17, 15) is 9.59 Å². The number of nitrogens with one attached hydrogen (secondary N) is 2. The third-order valence-electron chi connectivity index (χ3n) is 4.77. The topological polar surface area (TPSA) is 119 Å². The molecule has 5 heterocycles. The van der Waals surface area contributed by atoms with Gasteiger partial charge in [-0.05, 0) is 28.8 Å². The summed E-state index contributed by atoms with van der Waals surface area (Å²) in [6, 6.07) is 12.4. The van der Waals surface area contributed by atoms with Crippen molar-refractivity contribution in [2.45, 2.75) is 19.8 Å². The number of rotatable bonds is 6. The number of nitrogens with zero attached hydrogens (tertiary/aromatic N) is 4. The van der Waals surface area contributed by atoms with Gasteiger partial charge in [-0.1, -0.05) is 31.1 Å². The molecule has 0 unspecified atom stereocenters. The molecule has 0 radical (unpaired) electrons. The van der Waals surface area contributed by atoms with Gasteiger partial charge in [0.05, 0.1) is 15.4 Å². The maximum absolute atomic E-state index is 13.0. The van der Waals surface area contributed by atoms with Crippen molar-refractivity contribution in [2.75, 3.05) is 5.32 Å². The zero-order valence-corrected chi connectivity index (χ0v) is 19.2. The maximum atomic E-state index is 13.0. The van der Waals surface area contributed by atoms with Crippen LogP contribution in [0.1, 0.15) is 35.9 Å². The van der Waals surface area contributed by atoms with Crippen LogP contribution in [-0.4, -0.2) is 30.8 Å². The molecule has 0 aliphatic heterocycles. The second-order valence-corrected chi connectivity index (χ2v) is 9.36. The average molecular weight is 479 g/mol. The highest BCUT2D eigenvalue weighted by atomic mass is 32.1. The summed E-state index contributed by atoms with van der Waals surface area (Å²) >= 11 is 3.01. The zero-order chi connectivity index (χ0) is 22.9. The Balaban J connectivity index is 1.53. The number of aromatic nitrogens is 5. The summed E-state index contributed by atoms with van der Waals surface area (Å²) < 4.78 is 6.74. The molecule has 0 atom stereocenters. The van der Waals surface area contributed by atoms with Crippen LogP contribution < -0.4 is 10.9 Å². The minimum Gasteiger partial charge on any atom is -0.355 e. The number of carbonyl (C=O) groups is 1. The van der Waals surface area contributed by atoms with Gasteiger partial charge in [0.15, 0.2) is 11.5 Å². The van der Waals surface area contributed by atoms with Crippen molar-refractivity contribution >= 4 is 34.4 Å². The quantitative estimate of drug-likeness (QED) is 0.363. The molecule has 0 fully saturated rings. The lowest BCUT2D eigenvalue weighted by Gasteiger charge is -2.09. The van der Waals surface area contributed by atoms with Gasteiger partial charge in [-0.25, -0.2) is 4.98 Å². The van der Waals surface area contributed by atoms with Crippen LogP contribution in [0.4, 0.5) is 5.82 Å². The third kappa shape index (κ3) is 4.28. The van der Waals surface area contributed by atoms with Gasteiger partial charge in [-0.15, -0.1) is 22.7 Å². The van der Waals surface area contributed by atoms with E-state index in [1.807, 2.05) is 48.9 Å². The van der Waals surface area contributed by atoms with E-state index in [4.69, 9.17) is 4.52 Å². The fourth-order valence-corrected chi connectivity index (χ4v) is 4.49. The Morgan fingerprint density at radius 2 is 1.88 bits per heavy atom. The molecule has 0 saturated heterocycles. The van der Waals surface area contributed by atoms with Crippen molar-refractivity contribution < 1.29 is 9.32 Å². The van der Waals surface area contributed by atoms with Crippen molar-refractivity contribution in [2.24, 2.45) is 0 Å². The van der Waals surface area contributed by atoms with Gasteiger partial charge in [0.2, 0.25) is 5.95 Å². The molecular weight excluding hydrogens is 460 g/mol. The molecule has 5 aromatic rings. The Bertz CT molecular complexity index is 1460. The Morgan fingerprint density at radius 3 is 2.58 bits per heavy atom. The Kier molecular flexibility index (Phi) is 5.48. The average Bonchev–Trinajstić information content (AvgIpc) is 3.60. The minimum absolute atomic E-state index is 0.0437. The van der Waals surface area contributed by atoms with Gasteiger partial charge in [-0.2, -0.15) is 9.78 Å². The fourth-order valence-electron chi connectivity index (χ4n) is 3.13. The summed E-state index contributed by atoms with van der Waals surface area (Å²) in [7, 11) is 0. The van der Waals surface area contributed by atoms with Crippen LogP contribution >= 0.6 is 22.7 Å². The molecule has 9 nitrogen and oxygen atoms in total. The predicted octanol–water partition coefficient (Wildman–Crippen LogP) is 4.78. The van der Waals surface area contributed by atoms with Crippen molar-refractivity contribution in [3.8, 4) is 27.2 Å². The lowest BCUT2D eigenvalue weighted by atomic mass is 10.1. The minimum atomic E-state index is -0.470. The SMILES string of the molecule is CC(C)c1cc(=O)[nH]c(-n2nc(-c3cccs3)cc2NC(=O)c2cc(-c3cccs3)on2)n1.